The van der Waals surface area contributed by atoms with E-state index in [4.69, 9.17) is 14.2 Å². The number of nitrogens with zero attached hydrogens (tertiary/aromatic N) is 4. The maximum atomic E-state index is 13.2. The number of amides is 1. The van der Waals surface area contributed by atoms with Crippen molar-refractivity contribution in [1.29, 1.82) is 0 Å². The number of pyridine rings is 2. The Balaban J connectivity index is 1.26. The fourth-order valence-electron chi connectivity index (χ4n) is 4.88. The zero-order valence-electron chi connectivity index (χ0n) is 18.9. The summed E-state index contributed by atoms with van der Waals surface area (Å²) in [4.78, 5) is 49.3. The smallest absolute Gasteiger partial charge is 0.421 e. The number of ether oxygens (including phenoxy) is 3. The van der Waals surface area contributed by atoms with E-state index >= 15 is 0 Å². The van der Waals surface area contributed by atoms with E-state index < -0.39 is 23.6 Å². The van der Waals surface area contributed by atoms with Crippen LogP contribution in [-0.2, 0) is 30.3 Å². The number of methoxy groups -OCH3 is 1. The Bertz CT molecular complexity index is 1110. The van der Waals surface area contributed by atoms with Gasteiger partial charge < -0.3 is 19.1 Å². The van der Waals surface area contributed by atoms with Crippen LogP contribution in [0.25, 0.3) is 0 Å². The molecule has 2 aromatic rings. The number of carbonyl (C=O) groups excluding carboxylic acids is 3. The van der Waals surface area contributed by atoms with Crippen molar-refractivity contribution in [2.24, 2.45) is 0 Å². The van der Waals surface area contributed by atoms with Crippen molar-refractivity contribution in [2.45, 2.75) is 37.4 Å². The lowest BCUT2D eigenvalue weighted by atomic mass is 10.0. The summed E-state index contributed by atoms with van der Waals surface area (Å²) in [5, 5.41) is 0. The zero-order chi connectivity index (χ0) is 23.7. The lowest BCUT2D eigenvalue weighted by Crippen LogP contribution is -2.55. The molecule has 1 spiro atoms. The van der Waals surface area contributed by atoms with Crippen LogP contribution < -0.4 is 9.64 Å². The minimum absolute atomic E-state index is 0.148. The summed E-state index contributed by atoms with van der Waals surface area (Å²) < 4.78 is 15.4. The summed E-state index contributed by atoms with van der Waals surface area (Å²) in [5.41, 5.74) is 1.94. The first-order chi connectivity index (χ1) is 16.5. The van der Waals surface area contributed by atoms with Crippen molar-refractivity contribution in [1.82, 2.24) is 14.9 Å². The van der Waals surface area contributed by atoms with Gasteiger partial charge in [0, 0.05) is 49.9 Å². The molecule has 178 valence electrons. The van der Waals surface area contributed by atoms with E-state index in [9.17, 15) is 14.4 Å². The van der Waals surface area contributed by atoms with Crippen molar-refractivity contribution in [2.75, 3.05) is 38.2 Å². The van der Waals surface area contributed by atoms with E-state index in [1.807, 2.05) is 30.3 Å². The fourth-order valence-corrected chi connectivity index (χ4v) is 4.88. The summed E-state index contributed by atoms with van der Waals surface area (Å²) in [6.45, 7) is 3.06. The monoisotopic (exact) mass is 466 g/mol. The normalized spacial score (nSPS) is 22.2. The number of anilines is 1. The van der Waals surface area contributed by atoms with E-state index in [-0.39, 0.29) is 6.42 Å². The highest BCUT2D eigenvalue weighted by Crippen LogP contribution is 2.35. The van der Waals surface area contributed by atoms with Crippen LogP contribution >= 0.6 is 0 Å². The van der Waals surface area contributed by atoms with Crippen LogP contribution in [0.5, 0.6) is 5.88 Å². The Morgan fingerprint density at radius 1 is 1.12 bits per heavy atom. The second-order valence-electron chi connectivity index (χ2n) is 8.72. The largest absolute Gasteiger partial charge is 0.481 e. The van der Waals surface area contributed by atoms with Gasteiger partial charge in [-0.3, -0.25) is 9.69 Å². The van der Waals surface area contributed by atoms with Gasteiger partial charge in [0.1, 0.15) is 5.82 Å². The number of hydrogen-bond donors (Lipinski definition) is 0. The number of hydrogen-bond acceptors (Lipinski definition) is 9. The molecule has 0 aromatic carbocycles. The lowest BCUT2D eigenvalue weighted by molar-refractivity contribution is -0.193. The first-order valence-electron chi connectivity index (χ1n) is 11.4. The summed E-state index contributed by atoms with van der Waals surface area (Å²) in [6.07, 6.45) is 4.00. The Kier molecular flexibility index (Phi) is 5.91. The summed E-state index contributed by atoms with van der Waals surface area (Å²) >= 11 is 0. The zero-order valence-corrected chi connectivity index (χ0v) is 18.9. The van der Waals surface area contributed by atoms with Crippen LogP contribution in [0.4, 0.5) is 5.82 Å². The molecule has 0 radical (unpaired) electrons. The van der Waals surface area contributed by atoms with Gasteiger partial charge in [0.15, 0.2) is 0 Å². The average Bonchev–Trinajstić information content (AvgIpc) is 3.44. The molecule has 0 N–H and O–H groups in total. The third-order valence-corrected chi connectivity index (χ3v) is 6.61. The molecule has 10 nitrogen and oxygen atoms in total. The molecule has 10 heteroatoms. The van der Waals surface area contributed by atoms with E-state index in [0.29, 0.717) is 37.0 Å². The van der Waals surface area contributed by atoms with Gasteiger partial charge in [-0.1, -0.05) is 12.1 Å². The Hall–Kier alpha value is -3.53. The van der Waals surface area contributed by atoms with Gasteiger partial charge in [0.2, 0.25) is 5.88 Å². The van der Waals surface area contributed by atoms with Gasteiger partial charge in [-0.05, 0) is 43.5 Å². The van der Waals surface area contributed by atoms with Crippen LogP contribution in [0, 0.1) is 0 Å². The Labute approximate surface area is 196 Å². The molecule has 0 saturated carbocycles. The topological polar surface area (TPSA) is 111 Å². The molecule has 3 aliphatic rings. The SMILES string of the molecule is COc1cccc(C2CCN(CCc3cccnc3N3CCCC4(OC(=O)C(=O)O4)C3=O)C2)n1. The van der Waals surface area contributed by atoms with Gasteiger partial charge in [-0.2, -0.15) is 0 Å². The van der Waals surface area contributed by atoms with Crippen molar-refractivity contribution in [3.63, 3.8) is 0 Å². The molecule has 2 aromatic heterocycles. The molecule has 1 amide bonds. The van der Waals surface area contributed by atoms with Crippen LogP contribution in [-0.4, -0.2) is 71.8 Å². The maximum Gasteiger partial charge on any atom is 0.421 e. The van der Waals surface area contributed by atoms with Crippen LogP contribution in [0.1, 0.15) is 36.4 Å². The number of aromatic nitrogens is 2. The molecule has 5 rings (SSSR count). The van der Waals surface area contributed by atoms with Crippen LogP contribution in [0.3, 0.4) is 0 Å². The molecule has 34 heavy (non-hydrogen) atoms. The van der Waals surface area contributed by atoms with Crippen molar-refractivity contribution >= 4 is 23.7 Å². The van der Waals surface area contributed by atoms with Gasteiger partial charge in [0.05, 0.1) is 7.11 Å². The highest BCUT2D eigenvalue weighted by Gasteiger charge is 2.58. The first kappa shape index (κ1) is 22.3. The number of carbonyl (C=O) groups is 3. The molecular weight excluding hydrogens is 440 g/mol. The standard InChI is InChI=1S/C24H26N4O6/c1-32-19-7-2-6-18(26-19)17-9-14-27(15-17)13-8-16-5-3-11-25-20(16)28-12-4-10-24(23(28)31)33-21(29)22(30)34-24/h2-3,5-7,11,17H,4,8-10,12-15H2,1H3. The van der Waals surface area contributed by atoms with E-state index in [0.717, 1.165) is 37.3 Å². The second kappa shape index (κ2) is 9.02. The van der Waals surface area contributed by atoms with Crippen molar-refractivity contribution in [3.05, 3.63) is 47.8 Å². The molecule has 3 fully saturated rings. The van der Waals surface area contributed by atoms with E-state index in [1.54, 1.807) is 13.3 Å². The molecule has 1 atom stereocenters. The van der Waals surface area contributed by atoms with Gasteiger partial charge in [-0.15, -0.1) is 0 Å². The fraction of sp³-hybridized carbons (Fsp3) is 0.458. The van der Waals surface area contributed by atoms with Crippen molar-refractivity contribution < 1.29 is 28.6 Å². The first-order valence-corrected chi connectivity index (χ1v) is 11.4. The Morgan fingerprint density at radius 2 is 1.94 bits per heavy atom. The van der Waals surface area contributed by atoms with Crippen LogP contribution in [0.15, 0.2) is 36.5 Å². The third-order valence-electron chi connectivity index (χ3n) is 6.61. The molecule has 3 aliphatic heterocycles. The lowest BCUT2D eigenvalue weighted by Gasteiger charge is -2.36. The number of likely N-dealkylation sites (tertiary alicyclic amines) is 1. The average molecular weight is 466 g/mol. The predicted molar refractivity (Wildman–Crippen MR) is 119 cm³/mol. The summed E-state index contributed by atoms with van der Waals surface area (Å²) in [5.74, 6) is -3.22. The van der Waals surface area contributed by atoms with E-state index in [2.05, 4.69) is 14.9 Å². The molecule has 3 saturated heterocycles. The number of rotatable bonds is 6. The highest BCUT2D eigenvalue weighted by atomic mass is 16.8. The van der Waals surface area contributed by atoms with Gasteiger partial charge >= 0.3 is 23.6 Å². The summed E-state index contributed by atoms with van der Waals surface area (Å²) in [7, 11) is 1.62. The molecule has 5 heterocycles. The minimum atomic E-state index is -1.87. The molecule has 0 aliphatic carbocycles. The van der Waals surface area contributed by atoms with Crippen LogP contribution in [0.2, 0.25) is 0 Å². The second-order valence-corrected chi connectivity index (χ2v) is 8.72. The maximum absolute atomic E-state index is 13.2. The summed E-state index contributed by atoms with van der Waals surface area (Å²) in [6, 6.07) is 9.63. The highest BCUT2D eigenvalue weighted by molar-refractivity contribution is 6.32. The number of esters is 2. The molecular formula is C24H26N4O6. The minimum Gasteiger partial charge on any atom is -0.481 e. The quantitative estimate of drug-likeness (QED) is 0.461. The molecule has 0 bridgehead atoms. The number of piperidine rings is 1. The van der Waals surface area contributed by atoms with Gasteiger partial charge in [-0.25, -0.2) is 19.6 Å². The molecule has 1 unspecified atom stereocenters. The third kappa shape index (κ3) is 4.09. The van der Waals surface area contributed by atoms with E-state index in [1.165, 1.54) is 4.90 Å². The van der Waals surface area contributed by atoms with Gasteiger partial charge in [0.25, 0.3) is 0 Å². The predicted octanol–water partition coefficient (Wildman–Crippen LogP) is 1.44. The Morgan fingerprint density at radius 3 is 2.74 bits per heavy atom. The van der Waals surface area contributed by atoms with Crippen molar-refractivity contribution in [3.8, 4) is 5.88 Å².